The number of carbonyl (C=O) groups is 1. The van der Waals surface area contributed by atoms with Crippen LogP contribution in [0.5, 0.6) is 0 Å². The molecule has 140 valence electrons. The number of aryl methyl sites for hydroxylation is 3. The highest BCUT2D eigenvalue weighted by molar-refractivity contribution is 6.31. The van der Waals surface area contributed by atoms with E-state index < -0.39 is 0 Å². The van der Waals surface area contributed by atoms with Gasteiger partial charge in [-0.25, -0.2) is 0 Å². The highest BCUT2D eigenvalue weighted by atomic mass is 35.5. The van der Waals surface area contributed by atoms with Gasteiger partial charge in [0.1, 0.15) is 0 Å². The highest BCUT2D eigenvalue weighted by Gasteiger charge is 2.21. The number of nitrogens with zero attached hydrogens (tertiary/aromatic N) is 4. The van der Waals surface area contributed by atoms with Gasteiger partial charge in [0.15, 0.2) is 0 Å². The highest BCUT2D eigenvalue weighted by Crippen LogP contribution is 2.19. The van der Waals surface area contributed by atoms with Crippen LogP contribution in [0.1, 0.15) is 28.9 Å². The second-order valence-corrected chi connectivity index (χ2v) is 7.48. The van der Waals surface area contributed by atoms with Gasteiger partial charge in [-0.1, -0.05) is 41.4 Å². The van der Waals surface area contributed by atoms with Gasteiger partial charge in [0.2, 0.25) is 5.91 Å². The molecule has 0 spiro atoms. The van der Waals surface area contributed by atoms with Crippen LogP contribution in [0.4, 0.5) is 0 Å². The van der Waals surface area contributed by atoms with Crippen molar-refractivity contribution in [2.45, 2.75) is 40.3 Å². The van der Waals surface area contributed by atoms with Gasteiger partial charge in [-0.15, -0.1) is 0 Å². The topological polar surface area (TPSA) is 41.4 Å². The van der Waals surface area contributed by atoms with Crippen LogP contribution in [-0.2, 0) is 17.9 Å². The van der Waals surface area contributed by atoms with E-state index in [-0.39, 0.29) is 5.91 Å². The van der Waals surface area contributed by atoms with Gasteiger partial charge in [0.05, 0.1) is 23.0 Å². The molecule has 1 amide bonds. The molecule has 2 aromatic rings. The van der Waals surface area contributed by atoms with Crippen molar-refractivity contribution in [2.24, 2.45) is 0 Å². The Bertz CT molecular complexity index is 778. The Morgan fingerprint density at radius 3 is 2.50 bits per heavy atom. The quantitative estimate of drug-likeness (QED) is 0.807. The maximum Gasteiger partial charge on any atom is 0.224 e. The number of hydrogen-bond donors (Lipinski definition) is 0. The summed E-state index contributed by atoms with van der Waals surface area (Å²) in [6.07, 6.45) is 0.468. The Morgan fingerprint density at radius 2 is 1.88 bits per heavy atom. The molecular formula is C20H27ClN4O. The first-order valence-electron chi connectivity index (χ1n) is 9.19. The smallest absolute Gasteiger partial charge is 0.224 e. The van der Waals surface area contributed by atoms with Gasteiger partial charge in [0.25, 0.3) is 0 Å². The maximum absolute atomic E-state index is 12.5. The van der Waals surface area contributed by atoms with E-state index in [1.165, 1.54) is 11.1 Å². The molecule has 3 rings (SSSR count). The van der Waals surface area contributed by atoms with Crippen molar-refractivity contribution in [1.82, 2.24) is 19.6 Å². The van der Waals surface area contributed by atoms with Crippen LogP contribution in [0.25, 0.3) is 0 Å². The van der Waals surface area contributed by atoms with Crippen molar-refractivity contribution in [1.29, 1.82) is 0 Å². The van der Waals surface area contributed by atoms with E-state index in [0.717, 1.165) is 44.1 Å². The summed E-state index contributed by atoms with van der Waals surface area (Å²) in [7, 11) is 0. The third kappa shape index (κ3) is 4.46. The van der Waals surface area contributed by atoms with E-state index in [1.54, 1.807) is 0 Å². The lowest BCUT2D eigenvalue weighted by molar-refractivity contribution is -0.133. The van der Waals surface area contributed by atoms with E-state index in [2.05, 4.69) is 41.2 Å². The summed E-state index contributed by atoms with van der Waals surface area (Å²) in [5, 5.41) is 5.10. The molecule has 1 aromatic carbocycles. The third-order valence-electron chi connectivity index (χ3n) is 5.04. The molecule has 0 saturated carbocycles. The zero-order chi connectivity index (χ0) is 18.7. The molecule has 0 atom stereocenters. The van der Waals surface area contributed by atoms with E-state index >= 15 is 0 Å². The summed E-state index contributed by atoms with van der Waals surface area (Å²) in [5.41, 5.74) is 4.38. The van der Waals surface area contributed by atoms with Crippen LogP contribution in [0.3, 0.4) is 0 Å². The van der Waals surface area contributed by atoms with Gasteiger partial charge < -0.3 is 4.90 Å². The van der Waals surface area contributed by atoms with Gasteiger partial charge in [-0.3, -0.25) is 14.4 Å². The number of aromatic nitrogens is 2. The summed E-state index contributed by atoms with van der Waals surface area (Å²) in [6.45, 7) is 10.9. The number of benzene rings is 1. The van der Waals surface area contributed by atoms with Crippen LogP contribution in [0.2, 0.25) is 5.02 Å². The largest absolute Gasteiger partial charge is 0.340 e. The molecular weight excluding hydrogens is 348 g/mol. The summed E-state index contributed by atoms with van der Waals surface area (Å²) in [4.78, 5) is 16.9. The number of hydrogen-bond acceptors (Lipinski definition) is 3. The molecule has 1 aliphatic heterocycles. The Kier molecular flexibility index (Phi) is 5.99. The van der Waals surface area contributed by atoms with Crippen molar-refractivity contribution >= 4 is 17.5 Å². The zero-order valence-electron chi connectivity index (χ0n) is 15.8. The van der Waals surface area contributed by atoms with E-state index in [0.29, 0.717) is 18.0 Å². The summed E-state index contributed by atoms with van der Waals surface area (Å²) >= 11 is 6.17. The lowest BCUT2D eigenvalue weighted by atomic mass is 10.1. The Hall–Kier alpha value is -1.85. The predicted octanol–water partition coefficient (Wildman–Crippen LogP) is 3.20. The third-order valence-corrected chi connectivity index (χ3v) is 5.59. The monoisotopic (exact) mass is 374 g/mol. The van der Waals surface area contributed by atoms with Gasteiger partial charge in [-0.2, -0.15) is 5.10 Å². The molecule has 1 aliphatic rings. The minimum atomic E-state index is 0.198. The normalized spacial score (nSPS) is 15.5. The van der Waals surface area contributed by atoms with Crippen LogP contribution >= 0.6 is 11.6 Å². The average molecular weight is 375 g/mol. The number of carbonyl (C=O) groups excluding carboxylic acids is 1. The average Bonchev–Trinajstić information content (AvgIpc) is 2.87. The molecule has 1 aromatic heterocycles. The molecule has 0 aliphatic carbocycles. The minimum absolute atomic E-state index is 0.198. The zero-order valence-corrected chi connectivity index (χ0v) is 16.6. The van der Waals surface area contributed by atoms with Crippen molar-refractivity contribution in [3.05, 3.63) is 51.8 Å². The van der Waals surface area contributed by atoms with Crippen molar-refractivity contribution in [3.8, 4) is 0 Å². The number of halogens is 1. The summed E-state index contributed by atoms with van der Waals surface area (Å²) in [6, 6.07) is 8.63. The van der Waals surface area contributed by atoms with Crippen molar-refractivity contribution < 1.29 is 4.79 Å². The molecule has 5 nitrogen and oxygen atoms in total. The van der Waals surface area contributed by atoms with Gasteiger partial charge in [0, 0.05) is 39.1 Å². The first-order valence-corrected chi connectivity index (χ1v) is 9.57. The van der Waals surface area contributed by atoms with E-state index in [4.69, 9.17) is 11.6 Å². The van der Waals surface area contributed by atoms with Crippen LogP contribution in [0, 0.1) is 20.8 Å². The second kappa shape index (κ2) is 8.23. The molecule has 6 heteroatoms. The van der Waals surface area contributed by atoms with E-state index in [1.807, 2.05) is 23.4 Å². The second-order valence-electron chi connectivity index (χ2n) is 7.10. The number of rotatable bonds is 5. The molecule has 1 saturated heterocycles. The lowest BCUT2D eigenvalue weighted by Gasteiger charge is -2.35. The molecule has 2 heterocycles. The Morgan fingerprint density at radius 1 is 1.15 bits per heavy atom. The molecule has 1 fully saturated rings. The summed E-state index contributed by atoms with van der Waals surface area (Å²) < 4.78 is 1.84. The first kappa shape index (κ1) is 18.9. The molecule has 0 N–H and O–H groups in total. The fourth-order valence-corrected chi connectivity index (χ4v) is 3.61. The van der Waals surface area contributed by atoms with Crippen molar-refractivity contribution in [2.75, 3.05) is 26.2 Å². The Balaban J connectivity index is 1.46. The maximum atomic E-state index is 12.5. The first-order chi connectivity index (χ1) is 12.4. The Labute approximate surface area is 160 Å². The fraction of sp³-hybridized carbons (Fsp3) is 0.500. The molecule has 0 unspecified atom stereocenters. The van der Waals surface area contributed by atoms with Crippen LogP contribution in [0.15, 0.2) is 24.3 Å². The SMILES string of the molecule is Cc1cccc(CN2CCN(C(=O)CCn3nc(C)c(Cl)c3C)CC2)c1. The lowest BCUT2D eigenvalue weighted by Crippen LogP contribution is -2.48. The number of piperazine rings is 1. The molecule has 26 heavy (non-hydrogen) atoms. The van der Waals surface area contributed by atoms with Gasteiger partial charge >= 0.3 is 0 Å². The van der Waals surface area contributed by atoms with Crippen LogP contribution in [-0.4, -0.2) is 51.7 Å². The number of amides is 1. The summed E-state index contributed by atoms with van der Waals surface area (Å²) in [5.74, 6) is 0.198. The fourth-order valence-electron chi connectivity index (χ4n) is 3.48. The van der Waals surface area contributed by atoms with Crippen LogP contribution < -0.4 is 0 Å². The molecule has 0 radical (unpaired) electrons. The van der Waals surface area contributed by atoms with Crippen molar-refractivity contribution in [3.63, 3.8) is 0 Å². The minimum Gasteiger partial charge on any atom is -0.340 e. The molecule has 0 bridgehead atoms. The van der Waals surface area contributed by atoms with Gasteiger partial charge in [-0.05, 0) is 26.3 Å². The standard InChI is InChI=1S/C20H27ClN4O/c1-15-5-4-6-18(13-15)14-23-9-11-24(12-10-23)19(26)7-8-25-17(3)20(21)16(2)22-25/h4-6,13H,7-12,14H2,1-3H3. The van der Waals surface area contributed by atoms with E-state index in [9.17, 15) is 4.79 Å². The predicted molar refractivity (Wildman–Crippen MR) is 104 cm³/mol.